The number of nitrogens with zero attached hydrogens (tertiary/aromatic N) is 1. The summed E-state index contributed by atoms with van der Waals surface area (Å²) in [4.78, 5) is 14.1. The largest absolute Gasteiger partial charge is 0.489 e. The number of carbonyl (C=O) groups is 1. The summed E-state index contributed by atoms with van der Waals surface area (Å²) in [5.74, 6) is 0.611. The Labute approximate surface area is 165 Å². The van der Waals surface area contributed by atoms with Crippen molar-refractivity contribution in [2.75, 3.05) is 7.05 Å². The van der Waals surface area contributed by atoms with Gasteiger partial charge in [0.25, 0.3) is 5.91 Å². The number of ether oxygens (including phenoxy) is 1. The van der Waals surface area contributed by atoms with E-state index >= 15 is 0 Å². The third kappa shape index (κ3) is 4.18. The van der Waals surface area contributed by atoms with Crippen molar-refractivity contribution in [1.29, 1.82) is 0 Å². The summed E-state index contributed by atoms with van der Waals surface area (Å²) in [6.07, 6.45) is 1.82. The lowest BCUT2D eigenvalue weighted by atomic mass is 10.2. The molecule has 1 aliphatic rings. The Morgan fingerprint density at radius 3 is 2.36 bits per heavy atom. The molecule has 0 saturated carbocycles. The molecule has 0 atom stereocenters. The average Bonchev–Trinajstić information content (AvgIpc) is 2.83. The normalized spacial score (nSPS) is 16.0. The Balaban J connectivity index is 1.69. The Morgan fingerprint density at radius 1 is 1.16 bits per heavy atom. The van der Waals surface area contributed by atoms with E-state index in [0.29, 0.717) is 25.0 Å². The number of hydrogen-bond acceptors (Lipinski definition) is 4. The molecular weight excluding hydrogens is 397 g/mol. The van der Waals surface area contributed by atoms with E-state index in [-0.39, 0.29) is 12.5 Å². The van der Waals surface area contributed by atoms with Crippen LogP contribution in [-0.2, 0) is 11.4 Å². The highest BCUT2D eigenvalue weighted by atomic mass is 35.5. The van der Waals surface area contributed by atoms with E-state index in [1.54, 1.807) is 25.2 Å². The van der Waals surface area contributed by atoms with Gasteiger partial charge in [-0.3, -0.25) is 9.69 Å². The summed E-state index contributed by atoms with van der Waals surface area (Å²) in [6, 6.07) is 12.8. The van der Waals surface area contributed by atoms with Gasteiger partial charge in [-0.25, -0.2) is 0 Å². The van der Waals surface area contributed by atoms with Crippen molar-refractivity contribution in [2.45, 2.75) is 6.61 Å². The number of hydrogen-bond donors (Lipinski definition) is 0. The quantitative estimate of drug-likeness (QED) is 0.499. The number of likely N-dealkylation sites (N-methyl/N-ethyl adjacent to an activating group) is 1. The Kier molecular flexibility index (Phi) is 5.69. The Hall–Kier alpha value is -1.53. The number of halogens is 2. The third-order valence-corrected chi connectivity index (χ3v) is 5.80. The lowest BCUT2D eigenvalue weighted by molar-refractivity contribution is -0.121. The van der Waals surface area contributed by atoms with Crippen molar-refractivity contribution >= 4 is 63.5 Å². The molecule has 0 N–H and O–H groups in total. The number of thiocarbonyl (C=S) groups is 1. The SMILES string of the molecule is CN1C(=O)C(=Cc2ccc(OCc3c(Cl)cccc3Cl)cc2)SC1=S. The molecule has 0 aromatic heterocycles. The molecule has 25 heavy (non-hydrogen) atoms. The summed E-state index contributed by atoms with van der Waals surface area (Å²) in [5.41, 5.74) is 1.65. The molecule has 0 bridgehead atoms. The molecule has 1 heterocycles. The molecule has 1 aliphatic heterocycles. The Morgan fingerprint density at radius 2 is 1.80 bits per heavy atom. The molecule has 1 fully saturated rings. The van der Waals surface area contributed by atoms with Crippen LogP contribution < -0.4 is 4.74 Å². The molecule has 2 aromatic rings. The molecule has 1 amide bonds. The summed E-state index contributed by atoms with van der Waals surface area (Å²) >= 11 is 18.7. The van der Waals surface area contributed by atoms with E-state index < -0.39 is 0 Å². The molecular formula is C18H13Cl2NO2S2. The zero-order valence-corrected chi connectivity index (χ0v) is 16.3. The smallest absolute Gasteiger partial charge is 0.265 e. The number of carbonyl (C=O) groups excluding carboxylic acids is 1. The monoisotopic (exact) mass is 409 g/mol. The van der Waals surface area contributed by atoms with Crippen LogP contribution in [0.4, 0.5) is 0 Å². The maximum Gasteiger partial charge on any atom is 0.265 e. The fraction of sp³-hybridized carbons (Fsp3) is 0.111. The van der Waals surface area contributed by atoms with Gasteiger partial charge < -0.3 is 4.74 Å². The standard InChI is InChI=1S/C18H13Cl2NO2S2/c1-21-17(22)16(25-18(21)24)9-11-5-7-12(8-6-11)23-10-13-14(19)3-2-4-15(13)20/h2-9H,10H2,1H3. The van der Waals surface area contributed by atoms with Gasteiger partial charge in [0.15, 0.2) is 0 Å². The summed E-state index contributed by atoms with van der Waals surface area (Å²) in [7, 11) is 1.68. The molecule has 3 rings (SSSR count). The van der Waals surface area contributed by atoms with Crippen molar-refractivity contribution < 1.29 is 9.53 Å². The maximum atomic E-state index is 12.0. The van der Waals surface area contributed by atoms with E-state index in [4.69, 9.17) is 40.2 Å². The van der Waals surface area contributed by atoms with E-state index in [1.165, 1.54) is 16.7 Å². The van der Waals surface area contributed by atoms with Crippen LogP contribution in [0.15, 0.2) is 47.4 Å². The van der Waals surface area contributed by atoms with E-state index in [2.05, 4.69) is 0 Å². The highest BCUT2D eigenvalue weighted by molar-refractivity contribution is 8.26. The predicted octanol–water partition coefficient (Wildman–Crippen LogP) is 5.40. The zero-order chi connectivity index (χ0) is 18.0. The second-order valence-electron chi connectivity index (χ2n) is 5.30. The van der Waals surface area contributed by atoms with Gasteiger partial charge in [-0.05, 0) is 35.9 Å². The first-order chi connectivity index (χ1) is 12.0. The highest BCUT2D eigenvalue weighted by Gasteiger charge is 2.28. The summed E-state index contributed by atoms with van der Waals surface area (Å²) in [6.45, 7) is 0.284. The minimum absolute atomic E-state index is 0.0799. The zero-order valence-electron chi connectivity index (χ0n) is 13.2. The number of benzene rings is 2. The van der Waals surface area contributed by atoms with Crippen LogP contribution in [0, 0.1) is 0 Å². The number of amides is 1. The van der Waals surface area contributed by atoms with Crippen LogP contribution in [-0.4, -0.2) is 22.2 Å². The van der Waals surface area contributed by atoms with Crippen LogP contribution in [0.5, 0.6) is 5.75 Å². The van der Waals surface area contributed by atoms with Gasteiger partial charge in [0.2, 0.25) is 0 Å². The minimum atomic E-state index is -0.0799. The lowest BCUT2D eigenvalue weighted by Gasteiger charge is -2.09. The topological polar surface area (TPSA) is 29.5 Å². The molecule has 3 nitrogen and oxygen atoms in total. The van der Waals surface area contributed by atoms with Crippen molar-refractivity contribution in [1.82, 2.24) is 4.90 Å². The second-order valence-corrected chi connectivity index (χ2v) is 7.79. The van der Waals surface area contributed by atoms with Crippen LogP contribution in [0.25, 0.3) is 6.08 Å². The van der Waals surface area contributed by atoms with Gasteiger partial charge >= 0.3 is 0 Å². The first-order valence-corrected chi connectivity index (χ1v) is 9.31. The molecule has 0 radical (unpaired) electrons. The highest BCUT2D eigenvalue weighted by Crippen LogP contribution is 2.31. The second kappa shape index (κ2) is 7.79. The van der Waals surface area contributed by atoms with E-state index in [9.17, 15) is 4.79 Å². The first-order valence-electron chi connectivity index (χ1n) is 7.33. The average molecular weight is 410 g/mol. The van der Waals surface area contributed by atoms with Crippen molar-refractivity contribution in [3.63, 3.8) is 0 Å². The van der Waals surface area contributed by atoms with Gasteiger partial charge in [0, 0.05) is 22.7 Å². The molecule has 7 heteroatoms. The molecule has 0 aliphatic carbocycles. The van der Waals surface area contributed by atoms with Crippen molar-refractivity contribution in [3.8, 4) is 5.75 Å². The van der Waals surface area contributed by atoms with Gasteiger partial charge in [-0.2, -0.15) is 0 Å². The van der Waals surface area contributed by atoms with Crippen LogP contribution in [0.1, 0.15) is 11.1 Å². The number of rotatable bonds is 4. The fourth-order valence-electron chi connectivity index (χ4n) is 2.18. The van der Waals surface area contributed by atoms with Gasteiger partial charge in [0.05, 0.1) is 4.91 Å². The van der Waals surface area contributed by atoms with Gasteiger partial charge in [-0.1, -0.05) is 65.4 Å². The minimum Gasteiger partial charge on any atom is -0.489 e. The third-order valence-electron chi connectivity index (χ3n) is 3.61. The maximum absolute atomic E-state index is 12.0. The van der Waals surface area contributed by atoms with Crippen LogP contribution >= 0.6 is 47.2 Å². The fourth-order valence-corrected chi connectivity index (χ4v) is 3.87. The van der Waals surface area contributed by atoms with E-state index in [0.717, 1.165) is 11.1 Å². The molecule has 0 unspecified atom stereocenters. The van der Waals surface area contributed by atoms with Crippen molar-refractivity contribution in [2.24, 2.45) is 0 Å². The number of thioether (sulfide) groups is 1. The summed E-state index contributed by atoms with van der Waals surface area (Å²) < 4.78 is 6.31. The molecule has 0 spiro atoms. The van der Waals surface area contributed by atoms with Gasteiger partial charge in [0.1, 0.15) is 16.7 Å². The Bertz CT molecular complexity index is 846. The first kappa shape index (κ1) is 18.3. The van der Waals surface area contributed by atoms with Gasteiger partial charge in [-0.15, -0.1) is 0 Å². The molecule has 128 valence electrons. The molecule has 1 saturated heterocycles. The van der Waals surface area contributed by atoms with Crippen LogP contribution in [0.3, 0.4) is 0 Å². The predicted molar refractivity (Wildman–Crippen MR) is 108 cm³/mol. The van der Waals surface area contributed by atoms with Crippen LogP contribution in [0.2, 0.25) is 10.0 Å². The summed E-state index contributed by atoms with van der Waals surface area (Å²) in [5, 5.41) is 1.15. The molecule has 2 aromatic carbocycles. The van der Waals surface area contributed by atoms with E-state index in [1.807, 2.05) is 30.3 Å². The van der Waals surface area contributed by atoms with Crippen molar-refractivity contribution in [3.05, 3.63) is 68.5 Å². The lowest BCUT2D eigenvalue weighted by Crippen LogP contribution is -2.22.